The Bertz CT molecular complexity index is 761. The van der Waals surface area contributed by atoms with Crippen LogP contribution in [0.3, 0.4) is 0 Å². The molecule has 1 aliphatic rings. The lowest BCUT2D eigenvalue weighted by molar-refractivity contribution is -0.118. The van der Waals surface area contributed by atoms with Gasteiger partial charge in [0.25, 0.3) is 11.8 Å². The number of hydrogen-bond donors (Lipinski definition) is 2. The van der Waals surface area contributed by atoms with Crippen molar-refractivity contribution < 1.29 is 19.1 Å². The molecule has 1 aromatic carbocycles. The molecule has 2 aromatic rings. The minimum absolute atomic E-state index is 0.0371. The normalized spacial score (nSPS) is 12.7. The van der Waals surface area contributed by atoms with E-state index < -0.39 is 0 Å². The van der Waals surface area contributed by atoms with Crippen LogP contribution in [0.25, 0.3) is 0 Å². The SMILES string of the molecule is CCOc1cccc(C(=O)Nc2ccc3c(n2)NC(=O)CO3)c1. The van der Waals surface area contributed by atoms with Gasteiger partial charge in [0.2, 0.25) is 0 Å². The molecule has 23 heavy (non-hydrogen) atoms. The summed E-state index contributed by atoms with van der Waals surface area (Å²) >= 11 is 0. The number of carbonyl (C=O) groups excluding carboxylic acids is 2. The standard InChI is InChI=1S/C16H15N3O4/c1-2-22-11-5-3-4-10(8-11)16(21)18-13-7-6-12-15(17-13)19-14(20)9-23-12/h3-8H,2,9H2,1H3,(H2,17,18,19,20,21). The van der Waals surface area contributed by atoms with Gasteiger partial charge in [-0.3, -0.25) is 9.59 Å². The van der Waals surface area contributed by atoms with Crippen LogP contribution in [-0.4, -0.2) is 30.0 Å². The van der Waals surface area contributed by atoms with Crippen LogP contribution in [0, 0.1) is 0 Å². The summed E-state index contributed by atoms with van der Waals surface area (Å²) in [7, 11) is 0. The zero-order valence-corrected chi connectivity index (χ0v) is 12.5. The smallest absolute Gasteiger partial charge is 0.263 e. The number of aromatic nitrogens is 1. The second-order valence-electron chi connectivity index (χ2n) is 4.80. The molecular formula is C16H15N3O4. The van der Waals surface area contributed by atoms with Crippen LogP contribution in [0.15, 0.2) is 36.4 Å². The molecule has 0 atom stereocenters. The van der Waals surface area contributed by atoms with E-state index in [1.54, 1.807) is 36.4 Å². The van der Waals surface area contributed by atoms with Crippen LogP contribution in [0.4, 0.5) is 11.6 Å². The van der Waals surface area contributed by atoms with Gasteiger partial charge in [-0.2, -0.15) is 0 Å². The average Bonchev–Trinajstić information content (AvgIpc) is 2.55. The molecule has 3 rings (SSSR count). The second-order valence-corrected chi connectivity index (χ2v) is 4.80. The van der Waals surface area contributed by atoms with Crippen molar-refractivity contribution in [3.8, 4) is 11.5 Å². The quantitative estimate of drug-likeness (QED) is 0.902. The van der Waals surface area contributed by atoms with E-state index in [1.807, 2.05) is 6.92 Å². The minimum Gasteiger partial charge on any atom is -0.494 e. The van der Waals surface area contributed by atoms with Gasteiger partial charge in [-0.15, -0.1) is 0 Å². The average molecular weight is 313 g/mol. The monoisotopic (exact) mass is 313 g/mol. The van der Waals surface area contributed by atoms with Crippen LogP contribution in [0.1, 0.15) is 17.3 Å². The van der Waals surface area contributed by atoms with Gasteiger partial charge in [0.05, 0.1) is 6.61 Å². The summed E-state index contributed by atoms with van der Waals surface area (Å²) in [5, 5.41) is 5.27. The van der Waals surface area contributed by atoms with Gasteiger partial charge >= 0.3 is 0 Å². The van der Waals surface area contributed by atoms with Gasteiger partial charge in [-0.1, -0.05) is 6.07 Å². The molecule has 0 unspecified atom stereocenters. The fourth-order valence-corrected chi connectivity index (χ4v) is 2.12. The zero-order chi connectivity index (χ0) is 16.2. The van der Waals surface area contributed by atoms with E-state index in [1.165, 1.54) is 0 Å². The molecule has 0 fully saturated rings. The van der Waals surface area contributed by atoms with E-state index in [4.69, 9.17) is 9.47 Å². The molecule has 118 valence electrons. The van der Waals surface area contributed by atoms with Crippen LogP contribution < -0.4 is 20.1 Å². The second kappa shape index (κ2) is 6.35. The van der Waals surface area contributed by atoms with E-state index in [0.717, 1.165) is 0 Å². The number of nitrogens with one attached hydrogen (secondary N) is 2. The summed E-state index contributed by atoms with van der Waals surface area (Å²) in [5.41, 5.74) is 0.454. The molecule has 0 radical (unpaired) electrons. The first-order valence-corrected chi connectivity index (χ1v) is 7.13. The van der Waals surface area contributed by atoms with Crippen molar-refractivity contribution in [2.24, 2.45) is 0 Å². The molecule has 2 heterocycles. The highest BCUT2D eigenvalue weighted by molar-refractivity contribution is 6.04. The van der Waals surface area contributed by atoms with Gasteiger partial charge in [0, 0.05) is 5.56 Å². The number of anilines is 2. The zero-order valence-electron chi connectivity index (χ0n) is 12.5. The van der Waals surface area contributed by atoms with Crippen molar-refractivity contribution in [1.82, 2.24) is 4.98 Å². The summed E-state index contributed by atoms with van der Waals surface area (Å²) in [4.78, 5) is 27.7. The Morgan fingerprint density at radius 1 is 1.39 bits per heavy atom. The number of carbonyl (C=O) groups is 2. The fourth-order valence-electron chi connectivity index (χ4n) is 2.12. The third kappa shape index (κ3) is 3.39. The van der Waals surface area contributed by atoms with E-state index in [0.29, 0.717) is 35.3 Å². The van der Waals surface area contributed by atoms with Gasteiger partial charge < -0.3 is 20.1 Å². The molecule has 2 amide bonds. The van der Waals surface area contributed by atoms with E-state index >= 15 is 0 Å². The Morgan fingerprint density at radius 2 is 2.26 bits per heavy atom. The van der Waals surface area contributed by atoms with Crippen molar-refractivity contribution in [1.29, 1.82) is 0 Å². The summed E-state index contributed by atoms with van der Waals surface area (Å²) in [5.74, 6) is 1.11. The predicted octanol–water partition coefficient (Wildman–Crippen LogP) is 2.06. The van der Waals surface area contributed by atoms with E-state index in [-0.39, 0.29) is 18.4 Å². The number of amides is 2. The van der Waals surface area contributed by atoms with Crippen molar-refractivity contribution in [2.45, 2.75) is 6.92 Å². The summed E-state index contributed by atoms with van der Waals surface area (Å²) in [6.07, 6.45) is 0. The first kappa shape index (κ1) is 14.8. The number of nitrogens with zero attached hydrogens (tertiary/aromatic N) is 1. The summed E-state index contributed by atoms with van der Waals surface area (Å²) in [6.45, 7) is 2.36. The highest BCUT2D eigenvalue weighted by Gasteiger charge is 2.18. The lowest BCUT2D eigenvalue weighted by Crippen LogP contribution is -2.26. The molecule has 0 saturated heterocycles. The number of benzene rings is 1. The van der Waals surface area contributed by atoms with Gasteiger partial charge in [-0.25, -0.2) is 4.98 Å². The number of ether oxygens (including phenoxy) is 2. The molecular weight excluding hydrogens is 298 g/mol. The molecule has 7 nitrogen and oxygen atoms in total. The molecule has 1 aromatic heterocycles. The van der Waals surface area contributed by atoms with Crippen molar-refractivity contribution >= 4 is 23.5 Å². The first-order valence-electron chi connectivity index (χ1n) is 7.13. The Kier molecular flexibility index (Phi) is 4.09. The van der Waals surface area contributed by atoms with Crippen LogP contribution >= 0.6 is 0 Å². The van der Waals surface area contributed by atoms with Crippen molar-refractivity contribution in [2.75, 3.05) is 23.8 Å². The third-order valence-corrected chi connectivity index (χ3v) is 3.12. The first-order chi connectivity index (χ1) is 11.2. The predicted molar refractivity (Wildman–Crippen MR) is 83.9 cm³/mol. The van der Waals surface area contributed by atoms with E-state index in [2.05, 4.69) is 15.6 Å². The molecule has 0 saturated carbocycles. The van der Waals surface area contributed by atoms with Crippen LogP contribution in [0.5, 0.6) is 11.5 Å². The number of fused-ring (bicyclic) bond motifs is 1. The highest BCUT2D eigenvalue weighted by atomic mass is 16.5. The van der Waals surface area contributed by atoms with Crippen LogP contribution in [-0.2, 0) is 4.79 Å². The fraction of sp³-hybridized carbons (Fsp3) is 0.188. The third-order valence-electron chi connectivity index (χ3n) is 3.12. The number of hydrogen-bond acceptors (Lipinski definition) is 5. The van der Waals surface area contributed by atoms with Gasteiger partial charge in [-0.05, 0) is 37.3 Å². The Morgan fingerprint density at radius 3 is 3.09 bits per heavy atom. The van der Waals surface area contributed by atoms with E-state index in [9.17, 15) is 9.59 Å². The Hall–Kier alpha value is -3.09. The summed E-state index contributed by atoms with van der Waals surface area (Å²) < 4.78 is 10.6. The minimum atomic E-state index is -0.318. The molecule has 0 aliphatic carbocycles. The van der Waals surface area contributed by atoms with Gasteiger partial charge in [0.15, 0.2) is 18.2 Å². The maximum Gasteiger partial charge on any atom is 0.263 e. The van der Waals surface area contributed by atoms with Crippen molar-refractivity contribution in [3.05, 3.63) is 42.0 Å². The molecule has 0 bridgehead atoms. The Labute approximate surface area is 132 Å². The highest BCUT2D eigenvalue weighted by Crippen LogP contribution is 2.27. The molecule has 2 N–H and O–H groups in total. The van der Waals surface area contributed by atoms with Crippen LogP contribution in [0.2, 0.25) is 0 Å². The van der Waals surface area contributed by atoms with Crippen molar-refractivity contribution in [3.63, 3.8) is 0 Å². The topological polar surface area (TPSA) is 89.5 Å². The summed E-state index contributed by atoms with van der Waals surface area (Å²) in [6, 6.07) is 10.1. The maximum atomic E-state index is 12.3. The Balaban J connectivity index is 1.76. The lowest BCUT2D eigenvalue weighted by Gasteiger charge is -2.17. The van der Waals surface area contributed by atoms with Gasteiger partial charge in [0.1, 0.15) is 11.6 Å². The molecule has 1 aliphatic heterocycles. The maximum absolute atomic E-state index is 12.3. The number of pyridine rings is 1. The number of rotatable bonds is 4. The molecule has 7 heteroatoms. The molecule has 0 spiro atoms. The largest absolute Gasteiger partial charge is 0.494 e. The lowest BCUT2D eigenvalue weighted by atomic mass is 10.2.